The third-order valence-corrected chi connectivity index (χ3v) is 5.99. The summed E-state index contributed by atoms with van der Waals surface area (Å²) in [7, 11) is 1.33. The second kappa shape index (κ2) is 10.8. The van der Waals surface area contributed by atoms with Gasteiger partial charge in [0.1, 0.15) is 0 Å². The highest BCUT2D eigenvalue weighted by atomic mass is 16.6. The molecule has 0 heterocycles. The molecule has 4 aromatic rings. The molecule has 0 atom stereocenters. The van der Waals surface area contributed by atoms with E-state index in [0.717, 1.165) is 21.9 Å². The van der Waals surface area contributed by atoms with Gasteiger partial charge in [0.05, 0.1) is 18.6 Å². The molecule has 0 unspecified atom stereocenters. The Kier molecular flexibility index (Phi) is 7.41. The molecule has 0 aromatic heterocycles. The van der Waals surface area contributed by atoms with Crippen molar-refractivity contribution in [1.29, 1.82) is 0 Å². The smallest absolute Gasteiger partial charge is 0.311 e. The molecular weight excluding hydrogens is 442 g/mol. The van der Waals surface area contributed by atoms with E-state index in [1.165, 1.54) is 18.7 Å². The van der Waals surface area contributed by atoms with Gasteiger partial charge in [-0.15, -0.1) is 0 Å². The number of methoxy groups -OCH3 is 1. The normalized spacial score (nSPS) is 10.8. The zero-order valence-electron chi connectivity index (χ0n) is 19.8. The summed E-state index contributed by atoms with van der Waals surface area (Å²) in [6.45, 7) is 2.33. The van der Waals surface area contributed by atoms with E-state index < -0.39 is 4.92 Å². The third-order valence-electron chi connectivity index (χ3n) is 5.99. The van der Waals surface area contributed by atoms with E-state index in [2.05, 4.69) is 0 Å². The van der Waals surface area contributed by atoms with Gasteiger partial charge in [0.2, 0.25) is 5.75 Å². The highest BCUT2D eigenvalue weighted by Gasteiger charge is 2.23. The van der Waals surface area contributed by atoms with Gasteiger partial charge in [-0.25, -0.2) is 0 Å². The van der Waals surface area contributed by atoms with E-state index in [0.29, 0.717) is 30.6 Å². The number of fused-ring (bicyclic) bond motifs is 1. The first-order valence-electron chi connectivity index (χ1n) is 11.5. The molecule has 0 radical (unpaired) electrons. The van der Waals surface area contributed by atoms with Gasteiger partial charge in [0.15, 0.2) is 0 Å². The number of rotatable bonds is 9. The molecule has 0 saturated heterocycles. The summed E-state index contributed by atoms with van der Waals surface area (Å²) in [5.41, 5.74) is 4.29. The Bertz CT molecular complexity index is 1360. The number of hydrogen-bond donors (Lipinski definition) is 0. The molecule has 4 aromatic carbocycles. The summed E-state index contributed by atoms with van der Waals surface area (Å²) in [6.07, 6.45) is 1.09. The van der Waals surface area contributed by atoms with Crippen LogP contribution in [-0.2, 0) is 22.4 Å². The highest BCUT2D eigenvalue weighted by molar-refractivity contribution is 5.89. The molecule has 35 heavy (non-hydrogen) atoms. The van der Waals surface area contributed by atoms with E-state index in [-0.39, 0.29) is 23.8 Å². The van der Waals surface area contributed by atoms with Gasteiger partial charge in [-0.3, -0.25) is 14.9 Å². The summed E-state index contributed by atoms with van der Waals surface area (Å²) in [5.74, 6) is -0.127. The Morgan fingerprint density at radius 3 is 2.34 bits per heavy atom. The lowest BCUT2D eigenvalue weighted by atomic mass is 9.96. The molecule has 0 saturated carbocycles. The predicted octanol–water partition coefficient (Wildman–Crippen LogP) is 6.45. The Balaban J connectivity index is 1.73. The van der Waals surface area contributed by atoms with E-state index in [9.17, 15) is 14.9 Å². The van der Waals surface area contributed by atoms with Crippen molar-refractivity contribution in [2.45, 2.75) is 26.2 Å². The minimum absolute atomic E-state index is 0.112. The average molecular weight is 470 g/mol. The summed E-state index contributed by atoms with van der Waals surface area (Å²) >= 11 is 0. The lowest BCUT2D eigenvalue weighted by Gasteiger charge is -2.15. The average Bonchev–Trinajstić information content (AvgIpc) is 2.88. The highest BCUT2D eigenvalue weighted by Crippen LogP contribution is 2.40. The van der Waals surface area contributed by atoms with Crippen molar-refractivity contribution in [3.63, 3.8) is 0 Å². The van der Waals surface area contributed by atoms with Crippen molar-refractivity contribution < 1.29 is 19.2 Å². The number of carbonyl (C=O) groups excluding carboxylic acids is 1. The van der Waals surface area contributed by atoms with Crippen LogP contribution in [0, 0.1) is 17.0 Å². The fourth-order valence-electron chi connectivity index (χ4n) is 4.05. The number of nitro groups is 1. The van der Waals surface area contributed by atoms with Crippen LogP contribution in [0.15, 0.2) is 78.9 Å². The van der Waals surface area contributed by atoms with E-state index in [1.807, 2.05) is 79.7 Å². The quantitative estimate of drug-likeness (QED) is 0.160. The maximum atomic E-state index is 12.1. The van der Waals surface area contributed by atoms with Crippen LogP contribution in [-0.4, -0.2) is 24.6 Å². The molecule has 178 valence electrons. The number of aryl methyl sites for hydroxylation is 2. The topological polar surface area (TPSA) is 78.7 Å². The van der Waals surface area contributed by atoms with E-state index >= 15 is 0 Å². The lowest BCUT2D eigenvalue weighted by Crippen LogP contribution is -2.07. The summed E-state index contributed by atoms with van der Waals surface area (Å²) in [5, 5.41) is 14.2. The van der Waals surface area contributed by atoms with Crippen LogP contribution in [0.25, 0.3) is 21.9 Å². The standard InChI is InChI=1S/C29H27NO5/c1-20-7-9-21(10-8-20)15-16-35-29-26(25-13-12-23-5-3-4-6-24(23)19-25)17-22(11-14-28(31)34-2)18-27(29)30(32)33/h3-10,12-13,17-19H,11,14-16H2,1-2H3. The molecule has 0 aliphatic heterocycles. The summed E-state index contributed by atoms with van der Waals surface area (Å²) in [6, 6.07) is 25.4. The largest absolute Gasteiger partial charge is 0.486 e. The Hall–Kier alpha value is -4.19. The first-order valence-corrected chi connectivity index (χ1v) is 11.5. The number of nitrogens with zero attached hydrogens (tertiary/aromatic N) is 1. The first-order chi connectivity index (χ1) is 16.9. The first kappa shape index (κ1) is 24.0. The van der Waals surface area contributed by atoms with Crippen LogP contribution in [0.2, 0.25) is 0 Å². The number of carbonyl (C=O) groups is 1. The molecule has 6 heteroatoms. The maximum Gasteiger partial charge on any atom is 0.311 e. The minimum atomic E-state index is -0.423. The molecule has 0 spiro atoms. The molecule has 0 aliphatic rings. The molecule has 0 bridgehead atoms. The van der Waals surface area contributed by atoms with Gasteiger partial charge in [-0.05, 0) is 52.9 Å². The molecule has 0 N–H and O–H groups in total. The second-order valence-electron chi connectivity index (χ2n) is 8.47. The predicted molar refractivity (Wildman–Crippen MR) is 137 cm³/mol. The number of benzene rings is 4. The van der Waals surface area contributed by atoms with Gasteiger partial charge >= 0.3 is 11.7 Å². The molecular formula is C29H27NO5. The van der Waals surface area contributed by atoms with Crippen LogP contribution in [0.5, 0.6) is 5.75 Å². The van der Waals surface area contributed by atoms with Crippen molar-refractivity contribution in [2.24, 2.45) is 0 Å². The molecule has 4 rings (SSSR count). The van der Waals surface area contributed by atoms with Gasteiger partial charge in [0, 0.05) is 24.5 Å². The minimum Gasteiger partial charge on any atom is -0.486 e. The van der Waals surface area contributed by atoms with Crippen molar-refractivity contribution in [2.75, 3.05) is 13.7 Å². The monoisotopic (exact) mass is 469 g/mol. The Morgan fingerprint density at radius 2 is 1.63 bits per heavy atom. The third kappa shape index (κ3) is 5.84. The van der Waals surface area contributed by atoms with Crippen LogP contribution >= 0.6 is 0 Å². The maximum absolute atomic E-state index is 12.1. The zero-order valence-corrected chi connectivity index (χ0v) is 19.8. The number of esters is 1. The van der Waals surface area contributed by atoms with E-state index in [4.69, 9.17) is 9.47 Å². The van der Waals surface area contributed by atoms with Crippen molar-refractivity contribution in [3.8, 4) is 16.9 Å². The summed E-state index contributed by atoms with van der Waals surface area (Å²) in [4.78, 5) is 23.3. The Labute approximate surface area is 204 Å². The molecule has 0 amide bonds. The van der Waals surface area contributed by atoms with Crippen molar-refractivity contribution in [3.05, 3.63) is 106 Å². The second-order valence-corrected chi connectivity index (χ2v) is 8.47. The number of ether oxygens (including phenoxy) is 2. The fraction of sp³-hybridized carbons (Fsp3) is 0.207. The van der Waals surface area contributed by atoms with Gasteiger partial charge in [0.25, 0.3) is 0 Å². The lowest BCUT2D eigenvalue weighted by molar-refractivity contribution is -0.385. The fourth-order valence-corrected chi connectivity index (χ4v) is 4.05. The van der Waals surface area contributed by atoms with Crippen LogP contribution in [0.1, 0.15) is 23.1 Å². The number of nitro benzene ring substituents is 1. The van der Waals surface area contributed by atoms with Gasteiger partial charge < -0.3 is 9.47 Å². The number of hydrogen-bond acceptors (Lipinski definition) is 5. The molecule has 0 fully saturated rings. The SMILES string of the molecule is COC(=O)CCc1cc(-c2ccc3ccccc3c2)c(OCCc2ccc(C)cc2)c([N+](=O)[O-])c1. The molecule has 6 nitrogen and oxygen atoms in total. The van der Waals surface area contributed by atoms with Crippen molar-refractivity contribution in [1.82, 2.24) is 0 Å². The van der Waals surface area contributed by atoms with Gasteiger partial charge in [-0.2, -0.15) is 0 Å². The van der Waals surface area contributed by atoms with Crippen LogP contribution in [0.3, 0.4) is 0 Å². The molecule has 0 aliphatic carbocycles. The van der Waals surface area contributed by atoms with Crippen LogP contribution < -0.4 is 4.74 Å². The Morgan fingerprint density at radius 1 is 0.886 bits per heavy atom. The van der Waals surface area contributed by atoms with Crippen molar-refractivity contribution >= 4 is 22.4 Å². The van der Waals surface area contributed by atoms with Gasteiger partial charge in [-0.1, -0.05) is 66.2 Å². The van der Waals surface area contributed by atoms with E-state index in [1.54, 1.807) is 0 Å². The zero-order chi connectivity index (χ0) is 24.8. The van der Waals surface area contributed by atoms with Crippen LogP contribution in [0.4, 0.5) is 5.69 Å². The summed E-state index contributed by atoms with van der Waals surface area (Å²) < 4.78 is 10.8.